The third-order valence-corrected chi connectivity index (χ3v) is 3.96. The molecule has 1 unspecified atom stereocenters. The Bertz CT molecular complexity index is 868. The van der Waals surface area contributed by atoms with E-state index in [4.69, 9.17) is 27.8 Å². The number of nitrogen functional groups attached to an aromatic ring is 2. The van der Waals surface area contributed by atoms with Crippen molar-refractivity contribution >= 4 is 40.0 Å². The number of anilines is 3. The van der Waals surface area contributed by atoms with Crippen LogP contribution in [0.3, 0.4) is 0 Å². The minimum absolute atomic E-state index is 0.0682. The highest BCUT2D eigenvalue weighted by Crippen LogP contribution is 2.25. The van der Waals surface area contributed by atoms with E-state index in [1.165, 1.54) is 0 Å². The van der Waals surface area contributed by atoms with Gasteiger partial charge in [0.05, 0.1) is 11.6 Å². The lowest BCUT2D eigenvalue weighted by molar-refractivity contribution is 0.284. The van der Waals surface area contributed by atoms with Crippen molar-refractivity contribution in [1.82, 2.24) is 15.0 Å². The Balaban J connectivity index is 1.74. The number of ether oxygens (including phenoxy) is 1. The van der Waals surface area contributed by atoms with Gasteiger partial charge in [-0.05, 0) is 30.7 Å². The number of halogens is 1. The number of hydrogen-bond acceptors (Lipinski definition) is 7. The molecule has 2 heterocycles. The number of pyridine rings is 1. The van der Waals surface area contributed by atoms with Crippen LogP contribution in [0.4, 0.5) is 17.5 Å². The summed E-state index contributed by atoms with van der Waals surface area (Å²) in [7, 11) is 0. The highest BCUT2D eigenvalue weighted by molar-refractivity contribution is 6.31. The highest BCUT2D eigenvalue weighted by Gasteiger charge is 2.11. The minimum Gasteiger partial charge on any atom is -0.475 e. The maximum absolute atomic E-state index is 6.03. The lowest BCUT2D eigenvalue weighted by Gasteiger charge is -2.19. The molecule has 0 radical (unpaired) electrons. The number of aromatic nitrogens is 3. The number of nitrogens with zero attached hydrogens (tertiary/aromatic N) is 3. The third kappa shape index (κ3) is 4.19. The summed E-state index contributed by atoms with van der Waals surface area (Å²) >= 11 is 6.03. The van der Waals surface area contributed by atoms with Crippen LogP contribution >= 0.6 is 11.6 Å². The summed E-state index contributed by atoms with van der Waals surface area (Å²) in [5.74, 6) is 0.727. The van der Waals surface area contributed by atoms with Gasteiger partial charge in [-0.3, -0.25) is 4.98 Å². The second kappa shape index (κ2) is 7.40. The molecule has 0 amide bonds. The Morgan fingerprint density at radius 3 is 2.80 bits per heavy atom. The largest absolute Gasteiger partial charge is 0.475 e. The van der Waals surface area contributed by atoms with Gasteiger partial charge >= 0.3 is 0 Å². The first kappa shape index (κ1) is 17.0. The Kier molecular flexibility index (Phi) is 5.04. The standard InChI is InChI=1S/C17H19ClN6O/c1-2-11(9-25-16-8-15(19)23-17(20)24-16)22-13-5-6-21-14-7-10(18)3-4-12(13)14/h3-8,11H,2,9H2,1H3,(H,21,22)(H4,19,20,23,24). The summed E-state index contributed by atoms with van der Waals surface area (Å²) in [5.41, 5.74) is 13.0. The number of fused-ring (bicyclic) bond motifs is 1. The van der Waals surface area contributed by atoms with Gasteiger partial charge in [-0.15, -0.1) is 0 Å². The first-order valence-electron chi connectivity index (χ1n) is 7.89. The van der Waals surface area contributed by atoms with Gasteiger partial charge in [-0.2, -0.15) is 9.97 Å². The Labute approximate surface area is 150 Å². The second-order valence-corrected chi connectivity index (χ2v) is 6.01. The van der Waals surface area contributed by atoms with Crippen molar-refractivity contribution in [3.8, 4) is 5.88 Å². The summed E-state index contributed by atoms with van der Waals surface area (Å²) in [5, 5.41) is 5.14. The van der Waals surface area contributed by atoms with Gasteiger partial charge in [0, 0.05) is 28.4 Å². The first-order valence-corrected chi connectivity index (χ1v) is 8.26. The summed E-state index contributed by atoms with van der Waals surface area (Å²) in [6.45, 7) is 2.48. The maximum Gasteiger partial charge on any atom is 0.225 e. The number of hydrogen-bond donors (Lipinski definition) is 3. The highest BCUT2D eigenvalue weighted by atomic mass is 35.5. The fourth-order valence-electron chi connectivity index (χ4n) is 2.45. The van der Waals surface area contributed by atoms with Crippen LogP contribution in [0.25, 0.3) is 10.9 Å². The zero-order valence-corrected chi connectivity index (χ0v) is 14.5. The van der Waals surface area contributed by atoms with E-state index < -0.39 is 0 Å². The van der Waals surface area contributed by atoms with Gasteiger partial charge in [0.15, 0.2) is 0 Å². The fraction of sp³-hybridized carbons (Fsp3) is 0.235. The van der Waals surface area contributed by atoms with Crippen LogP contribution in [0.2, 0.25) is 5.02 Å². The topological polar surface area (TPSA) is 112 Å². The molecule has 3 aromatic rings. The Morgan fingerprint density at radius 2 is 2.04 bits per heavy atom. The van der Waals surface area contributed by atoms with Crippen molar-refractivity contribution in [2.24, 2.45) is 0 Å². The molecule has 7 nitrogen and oxygen atoms in total. The maximum atomic E-state index is 6.03. The molecule has 0 spiro atoms. The molecular formula is C17H19ClN6O. The monoisotopic (exact) mass is 358 g/mol. The van der Waals surface area contributed by atoms with Crippen molar-refractivity contribution in [2.45, 2.75) is 19.4 Å². The average Bonchev–Trinajstić information content (AvgIpc) is 2.57. The van der Waals surface area contributed by atoms with Crippen LogP contribution in [0.5, 0.6) is 5.88 Å². The molecule has 0 aliphatic carbocycles. The van der Waals surface area contributed by atoms with E-state index in [0.29, 0.717) is 17.5 Å². The fourth-order valence-corrected chi connectivity index (χ4v) is 2.62. The minimum atomic E-state index is 0.0682. The molecule has 5 N–H and O–H groups in total. The van der Waals surface area contributed by atoms with E-state index in [-0.39, 0.29) is 17.8 Å². The van der Waals surface area contributed by atoms with Crippen molar-refractivity contribution in [3.63, 3.8) is 0 Å². The predicted molar refractivity (Wildman–Crippen MR) is 101 cm³/mol. The molecular weight excluding hydrogens is 340 g/mol. The lowest BCUT2D eigenvalue weighted by Crippen LogP contribution is -2.26. The summed E-state index contributed by atoms with van der Waals surface area (Å²) in [6, 6.07) is 9.18. The SMILES string of the molecule is CCC(COc1cc(N)nc(N)n1)Nc1ccnc2cc(Cl)ccc12. The molecule has 25 heavy (non-hydrogen) atoms. The van der Waals surface area contributed by atoms with Gasteiger partial charge in [0.2, 0.25) is 11.8 Å². The number of nitrogens with one attached hydrogen (secondary N) is 1. The quantitative estimate of drug-likeness (QED) is 0.620. The van der Waals surface area contributed by atoms with Crippen LogP contribution in [0.1, 0.15) is 13.3 Å². The molecule has 0 aliphatic heterocycles. The van der Waals surface area contributed by atoms with E-state index in [1.807, 2.05) is 24.3 Å². The zero-order valence-electron chi connectivity index (χ0n) is 13.7. The van der Waals surface area contributed by atoms with Crippen LogP contribution in [0.15, 0.2) is 36.5 Å². The molecule has 1 aromatic carbocycles. The molecule has 8 heteroatoms. The van der Waals surface area contributed by atoms with E-state index in [9.17, 15) is 0 Å². The summed E-state index contributed by atoms with van der Waals surface area (Å²) < 4.78 is 5.71. The average molecular weight is 359 g/mol. The Morgan fingerprint density at radius 1 is 1.20 bits per heavy atom. The van der Waals surface area contributed by atoms with Crippen LogP contribution in [-0.2, 0) is 0 Å². The normalized spacial score (nSPS) is 12.1. The first-order chi connectivity index (χ1) is 12.0. The van der Waals surface area contributed by atoms with Crippen molar-refractivity contribution < 1.29 is 4.74 Å². The van der Waals surface area contributed by atoms with E-state index >= 15 is 0 Å². The summed E-state index contributed by atoms with van der Waals surface area (Å²) in [6.07, 6.45) is 2.61. The molecule has 0 saturated carbocycles. The number of nitrogens with two attached hydrogens (primary N) is 2. The van der Waals surface area contributed by atoms with Crippen molar-refractivity contribution in [1.29, 1.82) is 0 Å². The molecule has 130 valence electrons. The van der Waals surface area contributed by atoms with Gasteiger partial charge < -0.3 is 21.5 Å². The van der Waals surface area contributed by atoms with Crippen LogP contribution in [-0.4, -0.2) is 27.6 Å². The zero-order chi connectivity index (χ0) is 17.8. The molecule has 2 aromatic heterocycles. The smallest absolute Gasteiger partial charge is 0.225 e. The van der Waals surface area contributed by atoms with Crippen molar-refractivity contribution in [2.75, 3.05) is 23.4 Å². The lowest BCUT2D eigenvalue weighted by atomic mass is 10.1. The number of benzene rings is 1. The molecule has 0 bridgehead atoms. The Hall–Kier alpha value is -2.80. The van der Waals surface area contributed by atoms with Crippen molar-refractivity contribution in [3.05, 3.63) is 41.6 Å². The molecule has 0 fully saturated rings. The predicted octanol–water partition coefficient (Wildman–Crippen LogP) is 3.11. The van der Waals surface area contributed by atoms with Crippen LogP contribution < -0.4 is 21.5 Å². The third-order valence-electron chi connectivity index (χ3n) is 3.73. The summed E-state index contributed by atoms with van der Waals surface area (Å²) in [4.78, 5) is 12.2. The van der Waals surface area contributed by atoms with Crippen LogP contribution in [0, 0.1) is 0 Å². The molecule has 1 atom stereocenters. The van der Waals surface area contributed by atoms with Gasteiger partial charge in [0.1, 0.15) is 12.4 Å². The van der Waals surface area contributed by atoms with Gasteiger partial charge in [0.25, 0.3) is 0 Å². The van der Waals surface area contributed by atoms with E-state index in [1.54, 1.807) is 12.3 Å². The molecule has 0 aliphatic rings. The molecule has 0 saturated heterocycles. The van der Waals surface area contributed by atoms with Gasteiger partial charge in [-0.1, -0.05) is 18.5 Å². The van der Waals surface area contributed by atoms with E-state index in [2.05, 4.69) is 27.2 Å². The second-order valence-electron chi connectivity index (χ2n) is 5.57. The van der Waals surface area contributed by atoms with Gasteiger partial charge in [-0.25, -0.2) is 0 Å². The van der Waals surface area contributed by atoms with E-state index in [0.717, 1.165) is 23.0 Å². The number of rotatable bonds is 6. The molecule has 3 rings (SSSR count).